The van der Waals surface area contributed by atoms with Crippen LogP contribution < -0.4 is 10.5 Å². The van der Waals surface area contributed by atoms with Crippen LogP contribution in [0, 0.1) is 24.2 Å². The maximum atomic E-state index is 9.69. The molecule has 112 valence electrons. The molecule has 0 bridgehead atoms. The van der Waals surface area contributed by atoms with E-state index in [2.05, 4.69) is 42.1 Å². The molecule has 3 heterocycles. The molecule has 0 amide bonds. The van der Waals surface area contributed by atoms with Crippen molar-refractivity contribution in [2.24, 2.45) is 11.7 Å². The third-order valence-electron chi connectivity index (χ3n) is 5.14. The molecule has 1 aromatic rings. The van der Waals surface area contributed by atoms with Crippen molar-refractivity contribution in [2.75, 3.05) is 13.6 Å². The van der Waals surface area contributed by atoms with Crippen LogP contribution in [0.15, 0.2) is 11.5 Å². The van der Waals surface area contributed by atoms with Crippen molar-refractivity contribution in [3.05, 3.63) is 22.7 Å². The summed E-state index contributed by atoms with van der Waals surface area (Å²) in [5.74, 6) is 0.971. The number of piperidine rings is 1. The number of nitrogens with two attached hydrogens (primary N) is 1. The number of allylic oxidation sites excluding steroid dienone is 1. The molecule has 0 aromatic carbocycles. The SMILES string of the molecule is Cc1[nH]nc2c1[C@]1(C[C@H](C)N(C)C[C@@H]1C)C(C#N)=C(N)O2. The maximum Gasteiger partial charge on any atom is 0.244 e. The molecule has 3 N–H and O–H groups in total. The Labute approximate surface area is 124 Å². The summed E-state index contributed by atoms with van der Waals surface area (Å²) >= 11 is 0. The molecule has 0 radical (unpaired) electrons. The summed E-state index contributed by atoms with van der Waals surface area (Å²) < 4.78 is 5.57. The van der Waals surface area contributed by atoms with Crippen LogP contribution in [0.1, 0.15) is 31.5 Å². The molecule has 1 aromatic heterocycles. The van der Waals surface area contributed by atoms with Gasteiger partial charge in [0.15, 0.2) is 0 Å². The smallest absolute Gasteiger partial charge is 0.244 e. The fourth-order valence-corrected chi connectivity index (χ4v) is 3.95. The van der Waals surface area contributed by atoms with E-state index in [1.54, 1.807) is 0 Å². The van der Waals surface area contributed by atoms with Crippen molar-refractivity contribution in [1.29, 1.82) is 5.26 Å². The van der Waals surface area contributed by atoms with Gasteiger partial charge in [-0.15, -0.1) is 5.10 Å². The van der Waals surface area contributed by atoms with Crippen molar-refractivity contribution in [3.63, 3.8) is 0 Å². The molecule has 3 atom stereocenters. The molecule has 6 nitrogen and oxygen atoms in total. The average Bonchev–Trinajstić information content (AvgIpc) is 2.78. The molecule has 3 rings (SSSR count). The van der Waals surface area contributed by atoms with Crippen molar-refractivity contribution < 1.29 is 4.74 Å². The van der Waals surface area contributed by atoms with Crippen LogP contribution in [0.3, 0.4) is 0 Å². The Morgan fingerprint density at radius 1 is 1.52 bits per heavy atom. The van der Waals surface area contributed by atoms with E-state index in [0.29, 0.717) is 17.5 Å². The van der Waals surface area contributed by atoms with Crippen LogP contribution in [-0.4, -0.2) is 34.7 Å². The Bertz CT molecular complexity index is 656. The van der Waals surface area contributed by atoms with E-state index in [0.717, 1.165) is 24.2 Å². The van der Waals surface area contributed by atoms with E-state index in [9.17, 15) is 5.26 Å². The highest BCUT2D eigenvalue weighted by molar-refractivity contribution is 5.55. The van der Waals surface area contributed by atoms with Crippen LogP contribution >= 0.6 is 0 Å². The highest BCUT2D eigenvalue weighted by atomic mass is 16.5. The summed E-state index contributed by atoms with van der Waals surface area (Å²) in [6.07, 6.45) is 0.838. The molecule has 6 heteroatoms. The first kappa shape index (κ1) is 14.0. The number of aryl methyl sites for hydroxylation is 1. The van der Waals surface area contributed by atoms with Gasteiger partial charge in [-0.2, -0.15) is 5.26 Å². The number of hydrogen-bond acceptors (Lipinski definition) is 5. The second-order valence-electron chi connectivity index (χ2n) is 6.35. The van der Waals surface area contributed by atoms with Gasteiger partial charge >= 0.3 is 0 Å². The van der Waals surface area contributed by atoms with Gasteiger partial charge in [-0.25, -0.2) is 0 Å². The second kappa shape index (κ2) is 4.50. The van der Waals surface area contributed by atoms with Crippen molar-refractivity contribution in [2.45, 2.75) is 38.6 Å². The quantitative estimate of drug-likeness (QED) is 0.752. The first-order valence-electron chi connectivity index (χ1n) is 7.25. The number of nitrogens with zero attached hydrogens (tertiary/aromatic N) is 3. The van der Waals surface area contributed by atoms with Gasteiger partial charge in [0.05, 0.1) is 0 Å². The predicted octanol–water partition coefficient (Wildman–Crippen LogP) is 1.40. The highest BCUT2D eigenvalue weighted by Gasteiger charge is 2.53. The fourth-order valence-electron chi connectivity index (χ4n) is 3.95. The number of aromatic nitrogens is 2. The summed E-state index contributed by atoms with van der Waals surface area (Å²) in [6.45, 7) is 7.24. The minimum absolute atomic E-state index is 0.195. The Balaban J connectivity index is 2.26. The zero-order valence-corrected chi connectivity index (χ0v) is 12.9. The number of aromatic amines is 1. The van der Waals surface area contributed by atoms with Gasteiger partial charge in [0.1, 0.15) is 11.6 Å². The number of H-pyrrole nitrogens is 1. The van der Waals surface area contributed by atoms with E-state index < -0.39 is 5.41 Å². The van der Waals surface area contributed by atoms with Gasteiger partial charge in [0.25, 0.3) is 0 Å². The van der Waals surface area contributed by atoms with Crippen molar-refractivity contribution >= 4 is 0 Å². The fraction of sp³-hybridized carbons (Fsp3) is 0.600. The van der Waals surface area contributed by atoms with Gasteiger partial charge in [-0.3, -0.25) is 5.10 Å². The standard InChI is InChI=1S/C15H21N5O/c1-8-7-20(4)9(2)5-15(8)11(6-16)13(17)21-14-12(15)10(3)18-19-14/h8-9H,5,7,17H2,1-4H3,(H,18,19)/t8-,9-,15-/m0/s1. The Morgan fingerprint density at radius 2 is 2.24 bits per heavy atom. The van der Waals surface area contributed by atoms with E-state index in [-0.39, 0.29) is 11.8 Å². The van der Waals surface area contributed by atoms with Gasteiger partial charge in [-0.1, -0.05) is 6.92 Å². The normalized spacial score (nSPS) is 32.7. The Hall–Kier alpha value is -2.00. The number of hydrogen-bond donors (Lipinski definition) is 2. The summed E-state index contributed by atoms with van der Waals surface area (Å²) in [5.41, 5.74) is 8.12. The number of ether oxygens (including phenoxy) is 1. The molecule has 21 heavy (non-hydrogen) atoms. The summed E-state index contributed by atoms with van der Waals surface area (Å²) in [5, 5.41) is 16.9. The molecular weight excluding hydrogens is 266 g/mol. The molecule has 0 unspecified atom stereocenters. The lowest BCUT2D eigenvalue weighted by atomic mass is 9.60. The number of fused-ring (bicyclic) bond motifs is 2. The third kappa shape index (κ3) is 1.70. The molecule has 1 saturated heterocycles. The molecule has 2 aliphatic heterocycles. The second-order valence-corrected chi connectivity index (χ2v) is 6.35. The molecule has 0 saturated carbocycles. The molecule has 1 spiro atoms. The van der Waals surface area contributed by atoms with Gasteiger partial charge in [-0.05, 0) is 33.2 Å². The van der Waals surface area contributed by atoms with Crippen LogP contribution in [0.5, 0.6) is 5.88 Å². The van der Waals surface area contributed by atoms with E-state index >= 15 is 0 Å². The number of likely N-dealkylation sites (tertiary alicyclic amines) is 1. The number of nitrogens with one attached hydrogen (secondary N) is 1. The van der Waals surface area contributed by atoms with Gasteiger partial charge in [0, 0.05) is 29.3 Å². The molecule has 1 fully saturated rings. The molecule has 2 aliphatic rings. The zero-order chi connectivity index (χ0) is 15.4. The lowest BCUT2D eigenvalue weighted by Gasteiger charge is -2.50. The van der Waals surface area contributed by atoms with E-state index in [1.807, 2.05) is 6.92 Å². The van der Waals surface area contributed by atoms with Gasteiger partial charge < -0.3 is 15.4 Å². The Morgan fingerprint density at radius 3 is 2.90 bits per heavy atom. The van der Waals surface area contributed by atoms with Crippen LogP contribution in [0.4, 0.5) is 0 Å². The zero-order valence-electron chi connectivity index (χ0n) is 12.9. The lowest BCUT2D eigenvalue weighted by molar-refractivity contribution is 0.0888. The highest BCUT2D eigenvalue weighted by Crippen LogP contribution is 2.53. The molecule has 0 aliphatic carbocycles. The Kier molecular flexibility index (Phi) is 2.99. The monoisotopic (exact) mass is 287 g/mol. The van der Waals surface area contributed by atoms with Crippen molar-refractivity contribution in [3.8, 4) is 11.9 Å². The minimum Gasteiger partial charge on any atom is -0.420 e. The maximum absolute atomic E-state index is 9.69. The van der Waals surface area contributed by atoms with Gasteiger partial charge in [0.2, 0.25) is 11.8 Å². The number of nitriles is 1. The minimum atomic E-state index is -0.407. The lowest BCUT2D eigenvalue weighted by Crippen LogP contribution is -2.54. The van der Waals surface area contributed by atoms with Crippen LogP contribution in [-0.2, 0) is 5.41 Å². The summed E-state index contributed by atoms with van der Waals surface area (Å²) in [7, 11) is 2.12. The predicted molar refractivity (Wildman–Crippen MR) is 78.3 cm³/mol. The van der Waals surface area contributed by atoms with Crippen molar-refractivity contribution in [1.82, 2.24) is 15.1 Å². The van der Waals surface area contributed by atoms with Crippen LogP contribution in [0.25, 0.3) is 0 Å². The van der Waals surface area contributed by atoms with E-state index in [1.165, 1.54) is 0 Å². The first-order chi connectivity index (χ1) is 9.91. The molecular formula is C15H21N5O. The summed E-state index contributed by atoms with van der Waals surface area (Å²) in [4.78, 5) is 2.33. The number of rotatable bonds is 0. The summed E-state index contributed by atoms with van der Waals surface area (Å²) in [6, 6.07) is 2.67. The van der Waals surface area contributed by atoms with Crippen LogP contribution in [0.2, 0.25) is 0 Å². The topological polar surface area (TPSA) is 91.0 Å². The van der Waals surface area contributed by atoms with E-state index in [4.69, 9.17) is 10.5 Å². The third-order valence-corrected chi connectivity index (χ3v) is 5.14. The first-order valence-corrected chi connectivity index (χ1v) is 7.25. The average molecular weight is 287 g/mol. The largest absolute Gasteiger partial charge is 0.420 e.